The lowest BCUT2D eigenvalue weighted by molar-refractivity contribution is -0.0668. The van der Waals surface area contributed by atoms with Crippen molar-refractivity contribution in [1.82, 2.24) is 15.0 Å². The Kier molecular flexibility index (Phi) is 2.40. The number of carbonyl (C=O) groups is 1. The molecule has 100 valence electrons. The molecule has 0 atom stereocenters. The van der Waals surface area contributed by atoms with Gasteiger partial charge < -0.3 is 14.5 Å². The summed E-state index contributed by atoms with van der Waals surface area (Å²) in [5, 5.41) is 14.2. The number of nitrogens with zero attached hydrogens (tertiary/aromatic N) is 3. The number of aliphatic hydroxyl groups is 1. The van der Waals surface area contributed by atoms with Crippen molar-refractivity contribution < 1.29 is 14.4 Å². The third-order valence-electron chi connectivity index (χ3n) is 3.33. The fourth-order valence-corrected chi connectivity index (χ4v) is 2.48. The molecule has 3 rings (SSSR count). The molecule has 6 heteroatoms. The van der Waals surface area contributed by atoms with Gasteiger partial charge in [-0.15, -0.1) is 0 Å². The molecular weight excluding hydrogens is 246 g/mol. The first kappa shape index (κ1) is 12.1. The lowest BCUT2D eigenvalue weighted by Gasteiger charge is -2.44. The summed E-state index contributed by atoms with van der Waals surface area (Å²) in [4.78, 5) is 18.3. The number of pyridine rings is 1. The van der Waals surface area contributed by atoms with Gasteiger partial charge in [-0.05, 0) is 26.8 Å². The van der Waals surface area contributed by atoms with E-state index in [4.69, 9.17) is 4.52 Å². The zero-order valence-corrected chi connectivity index (χ0v) is 11.1. The number of rotatable bonds is 1. The average molecular weight is 261 g/mol. The zero-order chi connectivity index (χ0) is 13.8. The van der Waals surface area contributed by atoms with Crippen LogP contribution in [-0.2, 0) is 0 Å². The second-order valence-electron chi connectivity index (χ2n) is 5.42. The molecule has 0 spiro atoms. The van der Waals surface area contributed by atoms with Gasteiger partial charge in [0.1, 0.15) is 0 Å². The summed E-state index contributed by atoms with van der Waals surface area (Å²) >= 11 is 0. The van der Waals surface area contributed by atoms with Gasteiger partial charge in [0.2, 0.25) is 0 Å². The molecule has 1 N–H and O–H groups in total. The molecule has 0 unspecified atom stereocenters. The van der Waals surface area contributed by atoms with E-state index in [1.54, 1.807) is 31.7 Å². The van der Waals surface area contributed by atoms with Gasteiger partial charge in [-0.1, -0.05) is 5.16 Å². The Labute approximate surface area is 110 Å². The SMILES string of the molecule is Cc1cc(C(=O)N2CC(C)(O)C2)c2c(C)noc2n1. The van der Waals surface area contributed by atoms with Crippen molar-refractivity contribution in [3.63, 3.8) is 0 Å². The molecule has 1 aliphatic heterocycles. The smallest absolute Gasteiger partial charge is 0.258 e. The van der Waals surface area contributed by atoms with E-state index in [0.29, 0.717) is 41.1 Å². The quantitative estimate of drug-likeness (QED) is 0.830. The van der Waals surface area contributed by atoms with Crippen molar-refractivity contribution in [2.75, 3.05) is 13.1 Å². The summed E-state index contributed by atoms with van der Waals surface area (Å²) < 4.78 is 5.11. The molecule has 0 aromatic carbocycles. The standard InChI is InChI=1S/C13H15N3O3/c1-7-4-9(10-8(2)15-19-11(10)14-7)12(17)16-5-13(3,18)6-16/h4,18H,5-6H2,1-3H3. The third kappa shape index (κ3) is 1.88. The van der Waals surface area contributed by atoms with Crippen LogP contribution in [0.3, 0.4) is 0 Å². The normalized spacial score (nSPS) is 17.6. The number of hydrogen-bond donors (Lipinski definition) is 1. The second-order valence-corrected chi connectivity index (χ2v) is 5.42. The minimum absolute atomic E-state index is 0.117. The minimum atomic E-state index is -0.777. The number of fused-ring (bicyclic) bond motifs is 1. The largest absolute Gasteiger partial charge is 0.386 e. The molecule has 6 nitrogen and oxygen atoms in total. The molecule has 1 fully saturated rings. The van der Waals surface area contributed by atoms with Crippen LogP contribution < -0.4 is 0 Å². The van der Waals surface area contributed by atoms with Crippen LogP contribution in [0.5, 0.6) is 0 Å². The Bertz CT molecular complexity index is 667. The zero-order valence-electron chi connectivity index (χ0n) is 11.1. The summed E-state index contributed by atoms with van der Waals surface area (Å²) in [7, 11) is 0. The maximum Gasteiger partial charge on any atom is 0.258 e. The highest BCUT2D eigenvalue weighted by molar-refractivity contribution is 6.06. The molecule has 1 aliphatic rings. The molecule has 0 radical (unpaired) electrons. The first-order chi connectivity index (χ1) is 8.87. The predicted molar refractivity (Wildman–Crippen MR) is 67.8 cm³/mol. The number of β-amino-alcohol motifs (C(OH)–C–C–N with tert-alkyl or cyclic N) is 1. The minimum Gasteiger partial charge on any atom is -0.386 e. The number of likely N-dealkylation sites (tertiary alicyclic amines) is 1. The molecule has 2 aromatic heterocycles. The van der Waals surface area contributed by atoms with E-state index in [2.05, 4.69) is 10.1 Å². The summed E-state index contributed by atoms with van der Waals surface area (Å²) in [5.74, 6) is -0.117. The topological polar surface area (TPSA) is 79.5 Å². The Morgan fingerprint density at radius 2 is 2.16 bits per heavy atom. The van der Waals surface area contributed by atoms with Crippen molar-refractivity contribution >= 4 is 17.0 Å². The Morgan fingerprint density at radius 3 is 2.79 bits per heavy atom. The van der Waals surface area contributed by atoms with E-state index in [1.807, 2.05) is 0 Å². The molecular formula is C13H15N3O3. The number of carbonyl (C=O) groups excluding carboxylic acids is 1. The molecule has 2 aromatic rings. The van der Waals surface area contributed by atoms with E-state index < -0.39 is 5.60 Å². The van der Waals surface area contributed by atoms with Gasteiger partial charge in [0.25, 0.3) is 11.6 Å². The van der Waals surface area contributed by atoms with Crippen LogP contribution in [-0.4, -0.2) is 44.7 Å². The molecule has 0 aliphatic carbocycles. The maximum atomic E-state index is 12.4. The molecule has 0 saturated carbocycles. The van der Waals surface area contributed by atoms with Crippen molar-refractivity contribution in [1.29, 1.82) is 0 Å². The number of amides is 1. The van der Waals surface area contributed by atoms with E-state index >= 15 is 0 Å². The van der Waals surface area contributed by atoms with Gasteiger partial charge in [-0.3, -0.25) is 4.79 Å². The van der Waals surface area contributed by atoms with Crippen molar-refractivity contribution in [3.8, 4) is 0 Å². The van der Waals surface area contributed by atoms with Gasteiger partial charge in [0.15, 0.2) is 0 Å². The lowest BCUT2D eigenvalue weighted by atomic mass is 9.95. The van der Waals surface area contributed by atoms with Crippen LogP contribution in [0.25, 0.3) is 11.1 Å². The fourth-order valence-electron chi connectivity index (χ4n) is 2.48. The van der Waals surface area contributed by atoms with Crippen LogP contribution in [0.1, 0.15) is 28.7 Å². The van der Waals surface area contributed by atoms with Gasteiger partial charge in [0, 0.05) is 5.69 Å². The third-order valence-corrected chi connectivity index (χ3v) is 3.33. The second kappa shape index (κ2) is 3.77. The highest BCUT2D eigenvalue weighted by Crippen LogP contribution is 2.27. The van der Waals surface area contributed by atoms with Crippen molar-refractivity contribution in [2.24, 2.45) is 0 Å². The van der Waals surface area contributed by atoms with Gasteiger partial charge in [-0.2, -0.15) is 0 Å². The van der Waals surface area contributed by atoms with Crippen molar-refractivity contribution in [2.45, 2.75) is 26.4 Å². The summed E-state index contributed by atoms with van der Waals surface area (Å²) in [6.07, 6.45) is 0. The molecule has 3 heterocycles. The van der Waals surface area contributed by atoms with E-state index in [0.717, 1.165) is 0 Å². The van der Waals surface area contributed by atoms with Crippen LogP contribution >= 0.6 is 0 Å². The molecule has 1 amide bonds. The molecule has 1 saturated heterocycles. The number of hydrogen-bond acceptors (Lipinski definition) is 5. The number of aromatic nitrogens is 2. The maximum absolute atomic E-state index is 12.4. The Morgan fingerprint density at radius 1 is 1.47 bits per heavy atom. The van der Waals surface area contributed by atoms with E-state index in [9.17, 15) is 9.90 Å². The lowest BCUT2D eigenvalue weighted by Crippen LogP contribution is -2.61. The first-order valence-electron chi connectivity index (χ1n) is 6.13. The highest BCUT2D eigenvalue weighted by atomic mass is 16.5. The molecule has 19 heavy (non-hydrogen) atoms. The Balaban J connectivity index is 2.05. The summed E-state index contributed by atoms with van der Waals surface area (Å²) in [5.41, 5.74) is 1.50. The highest BCUT2D eigenvalue weighted by Gasteiger charge is 2.40. The van der Waals surface area contributed by atoms with E-state index in [-0.39, 0.29) is 5.91 Å². The van der Waals surface area contributed by atoms with E-state index in [1.165, 1.54) is 0 Å². The average Bonchev–Trinajstić information content (AvgIpc) is 2.66. The van der Waals surface area contributed by atoms with Gasteiger partial charge in [-0.25, -0.2) is 4.98 Å². The fraction of sp³-hybridized carbons (Fsp3) is 0.462. The predicted octanol–water partition coefficient (Wildman–Crippen LogP) is 1.05. The van der Waals surface area contributed by atoms with Crippen LogP contribution in [0.2, 0.25) is 0 Å². The summed E-state index contributed by atoms with van der Waals surface area (Å²) in [6, 6.07) is 1.74. The van der Waals surface area contributed by atoms with Crippen molar-refractivity contribution in [3.05, 3.63) is 23.0 Å². The van der Waals surface area contributed by atoms with Crippen LogP contribution in [0, 0.1) is 13.8 Å². The first-order valence-corrected chi connectivity index (χ1v) is 6.13. The summed E-state index contributed by atoms with van der Waals surface area (Å²) in [6.45, 7) is 6.00. The number of aryl methyl sites for hydroxylation is 2. The van der Waals surface area contributed by atoms with Crippen LogP contribution in [0.15, 0.2) is 10.6 Å². The van der Waals surface area contributed by atoms with Gasteiger partial charge >= 0.3 is 0 Å². The van der Waals surface area contributed by atoms with Crippen LogP contribution in [0.4, 0.5) is 0 Å². The Hall–Kier alpha value is -1.95. The molecule has 0 bridgehead atoms. The van der Waals surface area contributed by atoms with Gasteiger partial charge in [0.05, 0.1) is 35.3 Å². The monoisotopic (exact) mass is 261 g/mol.